The summed E-state index contributed by atoms with van der Waals surface area (Å²) in [7, 11) is 2.21. The zero-order valence-electron chi connectivity index (χ0n) is 19.2. The van der Waals surface area contributed by atoms with Gasteiger partial charge in [0.1, 0.15) is 5.82 Å². The lowest BCUT2D eigenvalue weighted by atomic mass is 9.93. The first kappa shape index (κ1) is 21.8. The van der Waals surface area contributed by atoms with Crippen LogP contribution >= 0.6 is 0 Å². The maximum Gasteiger partial charge on any atom is 0.259 e. The number of aromatic nitrogens is 2. The average Bonchev–Trinajstić information content (AvgIpc) is 3.27. The van der Waals surface area contributed by atoms with Crippen molar-refractivity contribution in [3.05, 3.63) is 77.9 Å². The number of hydrogen-bond acceptors (Lipinski definition) is 6. The fraction of sp³-hybridized carbons (Fsp3) is 0.423. The first-order valence-corrected chi connectivity index (χ1v) is 11.9. The van der Waals surface area contributed by atoms with Gasteiger partial charge in [0.05, 0.1) is 5.56 Å². The van der Waals surface area contributed by atoms with Crippen molar-refractivity contribution >= 4 is 11.7 Å². The molecule has 0 spiro atoms. The van der Waals surface area contributed by atoms with Crippen molar-refractivity contribution in [3.8, 4) is 0 Å². The Morgan fingerprint density at radius 2 is 1.91 bits per heavy atom. The molecule has 0 saturated carbocycles. The fourth-order valence-corrected chi connectivity index (χ4v) is 5.21. The lowest BCUT2D eigenvalue weighted by molar-refractivity contribution is 0.0965. The summed E-state index contributed by atoms with van der Waals surface area (Å²) >= 11 is 0. The number of hydrogen-bond donors (Lipinski definition) is 2. The molecule has 1 aliphatic carbocycles. The van der Waals surface area contributed by atoms with Crippen molar-refractivity contribution in [2.45, 2.75) is 37.9 Å². The molecule has 2 aliphatic heterocycles. The number of nitrogens with one attached hydrogen (secondary N) is 2. The van der Waals surface area contributed by atoms with E-state index < -0.39 is 0 Å². The summed E-state index contributed by atoms with van der Waals surface area (Å²) < 4.78 is 0. The van der Waals surface area contributed by atoms with Crippen LogP contribution in [0.4, 0.5) is 5.82 Å². The summed E-state index contributed by atoms with van der Waals surface area (Å²) in [5, 5.41) is 6.42. The van der Waals surface area contributed by atoms with Crippen molar-refractivity contribution in [1.29, 1.82) is 0 Å². The van der Waals surface area contributed by atoms with Gasteiger partial charge in [-0.1, -0.05) is 6.08 Å². The minimum atomic E-state index is -0.140. The van der Waals surface area contributed by atoms with Crippen molar-refractivity contribution in [2.75, 3.05) is 32.0 Å². The number of piperidine rings is 1. The largest absolute Gasteiger partial charge is 0.365 e. The summed E-state index contributed by atoms with van der Waals surface area (Å²) in [4.78, 5) is 26.7. The second-order valence-corrected chi connectivity index (χ2v) is 9.26. The molecule has 1 amide bonds. The molecular formula is C26H32N6O. The number of pyridine rings is 2. The molecule has 2 aromatic rings. The van der Waals surface area contributed by atoms with Gasteiger partial charge in [0.15, 0.2) is 0 Å². The van der Waals surface area contributed by atoms with Crippen LogP contribution in [0.2, 0.25) is 0 Å². The first-order valence-electron chi connectivity index (χ1n) is 11.9. The zero-order chi connectivity index (χ0) is 22.6. The van der Waals surface area contributed by atoms with Crippen LogP contribution in [0.25, 0.3) is 0 Å². The van der Waals surface area contributed by atoms with E-state index in [4.69, 9.17) is 0 Å². The quantitative estimate of drug-likeness (QED) is 0.714. The summed E-state index contributed by atoms with van der Waals surface area (Å²) in [6.45, 7) is 4.05. The molecule has 2 fully saturated rings. The molecule has 2 unspecified atom stereocenters. The van der Waals surface area contributed by atoms with Crippen LogP contribution < -0.4 is 10.6 Å². The molecule has 33 heavy (non-hydrogen) atoms. The number of rotatable bonds is 6. The van der Waals surface area contributed by atoms with Gasteiger partial charge in [0, 0.05) is 42.9 Å². The molecule has 2 aromatic heterocycles. The maximum atomic E-state index is 13.2. The van der Waals surface area contributed by atoms with E-state index in [1.807, 2.05) is 18.2 Å². The van der Waals surface area contributed by atoms with Crippen LogP contribution in [0.1, 0.15) is 35.2 Å². The summed E-state index contributed by atoms with van der Waals surface area (Å²) in [5.41, 5.74) is 2.51. The molecule has 2 atom stereocenters. The van der Waals surface area contributed by atoms with Crippen LogP contribution in [0, 0.1) is 5.92 Å². The molecule has 3 aliphatic rings. The molecule has 0 radical (unpaired) electrons. The Morgan fingerprint density at radius 1 is 1.09 bits per heavy atom. The standard InChI is InChI=1S/C26H32N6O/c1-31-14-9-22(10-15-31)32-16-8-20-4-5-21(17-24(20)32)30-26(33)23-3-2-11-28-25(23)29-18-19-6-12-27-13-7-19/h2-7,11-13,17,20,22,24H,8-10,14-16,18H2,1H3,(H,28,29)(H,30,33). The van der Waals surface area contributed by atoms with Gasteiger partial charge in [-0.25, -0.2) is 4.98 Å². The second kappa shape index (κ2) is 9.85. The second-order valence-electron chi connectivity index (χ2n) is 9.26. The molecule has 5 rings (SSSR count). The third-order valence-corrected chi connectivity index (χ3v) is 7.09. The summed E-state index contributed by atoms with van der Waals surface area (Å²) in [6.07, 6.45) is 15.5. The van der Waals surface area contributed by atoms with Crippen molar-refractivity contribution in [1.82, 2.24) is 25.1 Å². The Morgan fingerprint density at radius 3 is 2.73 bits per heavy atom. The van der Waals surface area contributed by atoms with Gasteiger partial charge < -0.3 is 15.5 Å². The summed E-state index contributed by atoms with van der Waals surface area (Å²) in [6, 6.07) is 8.51. The Hall–Kier alpha value is -3.03. The van der Waals surface area contributed by atoms with Gasteiger partial charge in [-0.15, -0.1) is 0 Å². The van der Waals surface area contributed by atoms with Gasteiger partial charge in [0.2, 0.25) is 0 Å². The van der Waals surface area contributed by atoms with Crippen molar-refractivity contribution < 1.29 is 4.79 Å². The van der Waals surface area contributed by atoms with Gasteiger partial charge in [-0.2, -0.15) is 0 Å². The van der Waals surface area contributed by atoms with Crippen LogP contribution in [0.5, 0.6) is 0 Å². The Kier molecular flexibility index (Phi) is 6.51. The monoisotopic (exact) mass is 444 g/mol. The predicted octanol–water partition coefficient (Wildman–Crippen LogP) is 3.06. The molecule has 0 bridgehead atoms. The molecule has 7 nitrogen and oxygen atoms in total. The van der Waals surface area contributed by atoms with E-state index in [1.165, 1.54) is 19.3 Å². The van der Waals surface area contributed by atoms with Crippen LogP contribution in [-0.4, -0.2) is 64.4 Å². The average molecular weight is 445 g/mol. The summed E-state index contributed by atoms with van der Waals surface area (Å²) in [5.74, 6) is 0.985. The molecule has 172 valence electrons. The number of allylic oxidation sites excluding steroid dienone is 1. The molecule has 7 heteroatoms. The van der Waals surface area contributed by atoms with Gasteiger partial charge in [0.25, 0.3) is 5.91 Å². The van der Waals surface area contributed by atoms with E-state index in [2.05, 4.69) is 55.7 Å². The van der Waals surface area contributed by atoms with E-state index >= 15 is 0 Å². The molecule has 2 saturated heterocycles. The minimum absolute atomic E-state index is 0.140. The Balaban J connectivity index is 1.26. The topological polar surface area (TPSA) is 73.4 Å². The number of carbonyl (C=O) groups is 1. The number of amides is 1. The normalized spacial score (nSPS) is 23.7. The highest BCUT2D eigenvalue weighted by Gasteiger charge is 2.37. The highest BCUT2D eigenvalue weighted by Crippen LogP contribution is 2.34. The predicted molar refractivity (Wildman–Crippen MR) is 130 cm³/mol. The lowest BCUT2D eigenvalue weighted by Gasteiger charge is -2.39. The Bertz CT molecular complexity index is 1030. The molecular weight excluding hydrogens is 412 g/mol. The smallest absolute Gasteiger partial charge is 0.259 e. The lowest BCUT2D eigenvalue weighted by Crippen LogP contribution is -2.46. The maximum absolute atomic E-state index is 13.2. The zero-order valence-corrected chi connectivity index (χ0v) is 19.2. The number of anilines is 1. The van der Waals surface area contributed by atoms with Crippen molar-refractivity contribution in [2.24, 2.45) is 5.92 Å². The van der Waals surface area contributed by atoms with E-state index in [0.717, 1.165) is 30.9 Å². The van der Waals surface area contributed by atoms with Crippen LogP contribution in [0.3, 0.4) is 0 Å². The Labute approximate surface area is 195 Å². The molecule has 0 aromatic carbocycles. The van der Waals surface area contributed by atoms with Crippen molar-refractivity contribution in [3.63, 3.8) is 0 Å². The third-order valence-electron chi connectivity index (χ3n) is 7.09. The number of likely N-dealkylation sites (tertiary alicyclic amines) is 2. The van der Waals surface area contributed by atoms with Crippen LogP contribution in [-0.2, 0) is 6.54 Å². The minimum Gasteiger partial charge on any atom is -0.365 e. The highest BCUT2D eigenvalue weighted by molar-refractivity contribution is 5.99. The molecule has 4 heterocycles. The van der Waals surface area contributed by atoms with Crippen LogP contribution in [0.15, 0.2) is 66.8 Å². The van der Waals surface area contributed by atoms with Gasteiger partial charge >= 0.3 is 0 Å². The number of fused-ring (bicyclic) bond motifs is 1. The van der Waals surface area contributed by atoms with E-state index in [0.29, 0.717) is 35.9 Å². The van der Waals surface area contributed by atoms with Gasteiger partial charge in [-0.3, -0.25) is 14.7 Å². The number of carbonyl (C=O) groups excluding carboxylic acids is 1. The number of nitrogens with zero attached hydrogens (tertiary/aromatic N) is 4. The molecule has 2 N–H and O–H groups in total. The third kappa shape index (κ3) is 4.99. The highest BCUT2D eigenvalue weighted by atomic mass is 16.1. The van der Waals surface area contributed by atoms with E-state index in [9.17, 15) is 4.79 Å². The first-order chi connectivity index (χ1) is 16.2. The fourth-order valence-electron chi connectivity index (χ4n) is 5.21. The van der Waals surface area contributed by atoms with E-state index in [-0.39, 0.29) is 5.91 Å². The van der Waals surface area contributed by atoms with E-state index in [1.54, 1.807) is 24.7 Å². The SMILES string of the molecule is CN1CCC(N2CCC3C=CC(NC(=O)c4cccnc4NCc4ccncc4)=CC32)CC1. The van der Waals surface area contributed by atoms with Gasteiger partial charge in [-0.05, 0) is 93.8 Å².